The minimum Gasteiger partial charge on any atom is -0.380 e. The van der Waals surface area contributed by atoms with Crippen LogP contribution in [0.3, 0.4) is 0 Å². The first-order valence-electron chi connectivity index (χ1n) is 3.99. The minimum atomic E-state index is -1.16. The number of rotatable bonds is 1. The largest absolute Gasteiger partial charge is 0.380 e. The van der Waals surface area contributed by atoms with Crippen LogP contribution >= 0.6 is 23.2 Å². The van der Waals surface area contributed by atoms with Crippen LogP contribution in [0.1, 0.15) is 5.56 Å². The first-order chi connectivity index (χ1) is 6.54. The van der Waals surface area contributed by atoms with Gasteiger partial charge in [-0.25, -0.2) is 4.39 Å². The van der Waals surface area contributed by atoms with E-state index in [1.165, 1.54) is 12.1 Å². The molecule has 1 aliphatic heterocycles. The van der Waals surface area contributed by atoms with Crippen LogP contribution < -0.4 is 0 Å². The van der Waals surface area contributed by atoms with E-state index in [9.17, 15) is 9.50 Å². The van der Waals surface area contributed by atoms with Crippen LogP contribution in [0.4, 0.5) is 4.39 Å². The molecule has 0 aromatic heterocycles. The zero-order chi connectivity index (χ0) is 10.3. The molecule has 0 radical (unpaired) electrons. The Morgan fingerprint density at radius 3 is 2.50 bits per heavy atom. The average Bonchev–Trinajstić information content (AvgIpc) is 2.11. The molecule has 0 spiro atoms. The summed E-state index contributed by atoms with van der Waals surface area (Å²) in [5.41, 5.74) is -0.838. The van der Waals surface area contributed by atoms with Crippen LogP contribution in [-0.4, -0.2) is 18.3 Å². The molecule has 5 heteroatoms. The molecule has 14 heavy (non-hydrogen) atoms. The highest BCUT2D eigenvalue weighted by molar-refractivity contribution is 6.35. The molecule has 0 aliphatic carbocycles. The fourth-order valence-electron chi connectivity index (χ4n) is 1.34. The summed E-state index contributed by atoms with van der Waals surface area (Å²) >= 11 is 11.2. The fraction of sp³-hybridized carbons (Fsp3) is 0.333. The van der Waals surface area contributed by atoms with Gasteiger partial charge in [-0.3, -0.25) is 0 Å². The molecule has 1 aliphatic rings. The molecule has 2 rings (SSSR count). The highest BCUT2D eigenvalue weighted by Gasteiger charge is 2.40. The van der Waals surface area contributed by atoms with Gasteiger partial charge in [0.1, 0.15) is 5.60 Å². The molecule has 2 nitrogen and oxygen atoms in total. The first-order valence-corrected chi connectivity index (χ1v) is 4.74. The van der Waals surface area contributed by atoms with E-state index < -0.39 is 11.4 Å². The second-order valence-corrected chi connectivity index (χ2v) is 4.03. The Kier molecular flexibility index (Phi) is 2.43. The quantitative estimate of drug-likeness (QED) is 0.759. The maximum absolute atomic E-state index is 13.3. The summed E-state index contributed by atoms with van der Waals surface area (Å²) in [5, 5.41) is 9.67. The third kappa shape index (κ3) is 1.41. The van der Waals surface area contributed by atoms with Crippen molar-refractivity contribution in [1.29, 1.82) is 0 Å². The Bertz CT molecular complexity index is 377. The lowest BCUT2D eigenvalue weighted by Gasteiger charge is -2.37. The summed E-state index contributed by atoms with van der Waals surface area (Å²) < 4.78 is 18.1. The Balaban J connectivity index is 2.49. The van der Waals surface area contributed by atoms with Gasteiger partial charge in [0.05, 0.1) is 23.3 Å². The van der Waals surface area contributed by atoms with Gasteiger partial charge in [0, 0.05) is 5.56 Å². The molecule has 1 N–H and O–H groups in total. The Hall–Kier alpha value is -0.350. The lowest BCUT2D eigenvalue weighted by atomic mass is 9.92. The summed E-state index contributed by atoms with van der Waals surface area (Å²) in [6, 6.07) is 2.88. The second-order valence-electron chi connectivity index (χ2n) is 3.25. The van der Waals surface area contributed by atoms with Crippen molar-refractivity contribution in [2.75, 3.05) is 13.2 Å². The van der Waals surface area contributed by atoms with E-state index in [2.05, 4.69) is 0 Å². The SMILES string of the molecule is OC1(c2ccc(Cl)c(F)c2Cl)COC1. The topological polar surface area (TPSA) is 29.5 Å². The third-order valence-corrected chi connectivity index (χ3v) is 2.88. The molecular formula is C9H7Cl2FO2. The van der Waals surface area contributed by atoms with Crippen molar-refractivity contribution in [1.82, 2.24) is 0 Å². The van der Waals surface area contributed by atoms with E-state index in [1.807, 2.05) is 0 Å². The average molecular weight is 237 g/mol. The van der Waals surface area contributed by atoms with Crippen molar-refractivity contribution in [2.45, 2.75) is 5.60 Å². The molecule has 1 aromatic carbocycles. The molecule has 0 saturated carbocycles. The summed E-state index contributed by atoms with van der Waals surface area (Å²) in [4.78, 5) is 0. The number of hydrogen-bond donors (Lipinski definition) is 1. The van der Waals surface area contributed by atoms with Crippen molar-refractivity contribution in [2.24, 2.45) is 0 Å². The molecule has 0 atom stereocenters. The van der Waals surface area contributed by atoms with Crippen molar-refractivity contribution in [3.05, 3.63) is 33.6 Å². The predicted molar refractivity (Wildman–Crippen MR) is 51.1 cm³/mol. The lowest BCUT2D eigenvalue weighted by Crippen LogP contribution is -2.46. The zero-order valence-electron chi connectivity index (χ0n) is 7.06. The summed E-state index contributed by atoms with van der Waals surface area (Å²) in [5.74, 6) is -0.703. The highest BCUT2D eigenvalue weighted by Crippen LogP contribution is 2.37. The maximum Gasteiger partial charge on any atom is 0.160 e. The second kappa shape index (κ2) is 3.35. The Morgan fingerprint density at radius 1 is 1.36 bits per heavy atom. The molecule has 1 fully saturated rings. The van der Waals surface area contributed by atoms with Crippen LogP contribution in [0.2, 0.25) is 10.0 Å². The zero-order valence-corrected chi connectivity index (χ0v) is 8.57. The molecule has 1 aromatic rings. The van der Waals surface area contributed by atoms with Gasteiger partial charge >= 0.3 is 0 Å². The molecule has 76 valence electrons. The van der Waals surface area contributed by atoms with Crippen molar-refractivity contribution in [3.8, 4) is 0 Å². The normalized spacial score (nSPS) is 19.1. The van der Waals surface area contributed by atoms with Gasteiger partial charge in [0.15, 0.2) is 5.82 Å². The van der Waals surface area contributed by atoms with Crippen LogP contribution in [-0.2, 0) is 10.3 Å². The van der Waals surface area contributed by atoms with Crippen molar-refractivity contribution < 1.29 is 14.2 Å². The summed E-state index contributed by atoms with van der Waals surface area (Å²) in [6.07, 6.45) is 0. The molecule has 1 saturated heterocycles. The first kappa shape index (κ1) is 10.2. The van der Waals surface area contributed by atoms with Gasteiger partial charge in [-0.1, -0.05) is 29.3 Å². The fourth-order valence-corrected chi connectivity index (χ4v) is 1.88. The van der Waals surface area contributed by atoms with Crippen molar-refractivity contribution >= 4 is 23.2 Å². The molecule has 0 unspecified atom stereocenters. The van der Waals surface area contributed by atoms with E-state index in [-0.39, 0.29) is 23.3 Å². The van der Waals surface area contributed by atoms with E-state index in [1.54, 1.807) is 0 Å². The molecule has 1 heterocycles. The highest BCUT2D eigenvalue weighted by atomic mass is 35.5. The van der Waals surface area contributed by atoms with E-state index >= 15 is 0 Å². The predicted octanol–water partition coefficient (Wildman–Crippen LogP) is 2.35. The van der Waals surface area contributed by atoms with Gasteiger partial charge in [-0.05, 0) is 6.07 Å². The minimum absolute atomic E-state index is 0.0532. The number of hydrogen-bond acceptors (Lipinski definition) is 2. The van der Waals surface area contributed by atoms with Crippen LogP contribution in [0.25, 0.3) is 0 Å². The third-order valence-electron chi connectivity index (χ3n) is 2.22. The van der Waals surface area contributed by atoms with E-state index in [0.29, 0.717) is 5.56 Å². The lowest BCUT2D eigenvalue weighted by molar-refractivity contribution is -0.184. The smallest absolute Gasteiger partial charge is 0.160 e. The Labute approximate surface area is 90.2 Å². The van der Waals surface area contributed by atoms with Crippen LogP contribution in [0.5, 0.6) is 0 Å². The van der Waals surface area contributed by atoms with E-state index in [4.69, 9.17) is 27.9 Å². The van der Waals surface area contributed by atoms with Gasteiger partial charge in [0.2, 0.25) is 0 Å². The summed E-state index contributed by atoms with van der Waals surface area (Å²) in [7, 11) is 0. The molecule has 0 bridgehead atoms. The molecular weight excluding hydrogens is 230 g/mol. The standard InChI is InChI=1S/C9H7Cl2FO2/c10-6-2-1-5(7(11)8(6)12)9(13)3-14-4-9/h1-2,13H,3-4H2. The number of benzene rings is 1. The van der Waals surface area contributed by atoms with Crippen LogP contribution in [0, 0.1) is 5.82 Å². The number of halogens is 3. The molecule has 0 amide bonds. The monoisotopic (exact) mass is 236 g/mol. The van der Waals surface area contributed by atoms with Gasteiger partial charge < -0.3 is 9.84 Å². The summed E-state index contributed by atoms with van der Waals surface area (Å²) in [6.45, 7) is 0.265. The van der Waals surface area contributed by atoms with Crippen molar-refractivity contribution in [3.63, 3.8) is 0 Å². The number of ether oxygens (including phenoxy) is 1. The van der Waals surface area contributed by atoms with Gasteiger partial charge in [0.25, 0.3) is 0 Å². The Morgan fingerprint density at radius 2 is 2.00 bits per heavy atom. The van der Waals surface area contributed by atoms with Gasteiger partial charge in [-0.15, -0.1) is 0 Å². The maximum atomic E-state index is 13.3. The van der Waals surface area contributed by atoms with E-state index in [0.717, 1.165) is 0 Å². The van der Waals surface area contributed by atoms with Crippen LogP contribution in [0.15, 0.2) is 12.1 Å². The number of aliphatic hydroxyl groups is 1. The van der Waals surface area contributed by atoms with Gasteiger partial charge in [-0.2, -0.15) is 0 Å².